The summed E-state index contributed by atoms with van der Waals surface area (Å²) < 4.78 is 48.5. The molecule has 0 spiro atoms. The third-order valence-electron chi connectivity index (χ3n) is 10.9. The highest BCUT2D eigenvalue weighted by molar-refractivity contribution is 7.91. The summed E-state index contributed by atoms with van der Waals surface area (Å²) in [6.07, 6.45) is 9.96. The van der Waals surface area contributed by atoms with Crippen LogP contribution in [-0.2, 0) is 30.8 Å². The molecule has 1 unspecified atom stereocenters. The van der Waals surface area contributed by atoms with Gasteiger partial charge in [-0.2, -0.15) is 0 Å². The first kappa shape index (κ1) is 37.3. The lowest BCUT2D eigenvalue weighted by Gasteiger charge is -2.30. The number of para-hydroxylation sites is 1. The van der Waals surface area contributed by atoms with Gasteiger partial charge in [-0.05, 0) is 70.1 Å². The molecule has 5 atom stereocenters. The summed E-state index contributed by atoms with van der Waals surface area (Å²) in [6, 6.07) is 3.64. The van der Waals surface area contributed by atoms with Crippen molar-refractivity contribution in [1.82, 2.24) is 40.2 Å². The number of sulfonamides is 1. The largest absolute Gasteiger partial charge is 0.471 e. The molecular weight excluding hydrogens is 720 g/mol. The molecule has 2 aromatic heterocycles. The van der Waals surface area contributed by atoms with Crippen molar-refractivity contribution in [1.29, 1.82) is 0 Å². The fraction of sp³-hybridized carbons (Fsp3) is 0.514. The fourth-order valence-corrected chi connectivity index (χ4v) is 8.46. The van der Waals surface area contributed by atoms with E-state index >= 15 is 0 Å². The predicted molar refractivity (Wildman–Crippen MR) is 193 cm³/mol. The number of hydrogen-bond donors (Lipinski definition) is 3. The topological polar surface area (TPSA) is 203 Å². The van der Waals surface area contributed by atoms with Crippen LogP contribution in [0.2, 0.25) is 0 Å². The Hall–Kier alpha value is -5.06. The number of rotatable bonds is 8. The van der Waals surface area contributed by atoms with Crippen LogP contribution in [0.5, 0.6) is 5.88 Å². The molecule has 286 valence electrons. The molecule has 54 heavy (non-hydrogen) atoms. The van der Waals surface area contributed by atoms with Crippen molar-refractivity contribution in [3.05, 3.63) is 66.1 Å². The van der Waals surface area contributed by atoms with Gasteiger partial charge < -0.3 is 20.3 Å². The number of aromatic nitrogens is 4. The lowest BCUT2D eigenvalue weighted by Crippen LogP contribution is -2.58. The van der Waals surface area contributed by atoms with Gasteiger partial charge in [-0.15, -0.1) is 0 Å². The number of aryl methyl sites for hydroxylation is 1. The van der Waals surface area contributed by atoms with Crippen LogP contribution in [0.1, 0.15) is 87.8 Å². The molecule has 15 nitrogen and oxygen atoms in total. The van der Waals surface area contributed by atoms with Crippen LogP contribution in [0.4, 0.5) is 4.39 Å². The molecule has 17 heteroatoms. The number of ether oxygens (including phenoxy) is 1. The molecule has 3 N–H and O–H groups in total. The second kappa shape index (κ2) is 14.6. The summed E-state index contributed by atoms with van der Waals surface area (Å²) in [5.41, 5.74) is -0.680. The number of carbonyl (C=O) groups excluding carboxylic acids is 4. The zero-order valence-electron chi connectivity index (χ0n) is 30.1. The van der Waals surface area contributed by atoms with E-state index in [-0.39, 0.29) is 42.9 Å². The van der Waals surface area contributed by atoms with Crippen molar-refractivity contribution < 1.29 is 36.7 Å². The van der Waals surface area contributed by atoms with E-state index in [1.165, 1.54) is 35.6 Å². The standard InChI is InChI=1S/C37H43FN8O7S/c1-3-25-33(43-30-24(38)11-9-13-26(30)41-25)53-23-18-29-32(48)44-37(35(50)45-54(51,52)36(2)15-16-36)19-22(37)10-7-5-4-6-8-12-28(34(49)46(29)20-23)42-31(47)27-14-17-39-21-40-27/h7,9-11,13-14,17,21-23,28-29H,3-6,8,12,15-16,18-20H2,1-2H3,(H,42,47)(H,44,48)(H,45,50)/b10-7-/t22?,23-,28+,29+,37-/m1/s1. The van der Waals surface area contributed by atoms with Gasteiger partial charge in [0.15, 0.2) is 5.82 Å². The third kappa shape index (κ3) is 7.37. The van der Waals surface area contributed by atoms with Gasteiger partial charge in [0, 0.05) is 18.5 Å². The minimum absolute atomic E-state index is 0.00894. The monoisotopic (exact) mass is 762 g/mol. The van der Waals surface area contributed by atoms with Crippen molar-refractivity contribution >= 4 is 44.7 Å². The van der Waals surface area contributed by atoms with E-state index in [4.69, 9.17) is 4.74 Å². The molecular formula is C37H43FN8O7S. The first-order valence-corrected chi connectivity index (χ1v) is 19.9. The molecule has 4 heterocycles. The Morgan fingerprint density at radius 1 is 1.13 bits per heavy atom. The number of nitrogens with zero attached hydrogens (tertiary/aromatic N) is 5. The summed E-state index contributed by atoms with van der Waals surface area (Å²) in [5, 5.41) is 5.65. The molecule has 2 aliphatic heterocycles. The maximum absolute atomic E-state index is 14.8. The Labute approximate surface area is 312 Å². The van der Waals surface area contributed by atoms with E-state index in [1.807, 2.05) is 19.1 Å². The zero-order chi connectivity index (χ0) is 38.3. The number of benzene rings is 1. The lowest BCUT2D eigenvalue weighted by molar-refractivity contribution is -0.141. The van der Waals surface area contributed by atoms with Gasteiger partial charge in [0.25, 0.3) is 11.8 Å². The third-order valence-corrected chi connectivity index (χ3v) is 13.0. The van der Waals surface area contributed by atoms with E-state index in [0.717, 1.165) is 12.8 Å². The second-order valence-corrected chi connectivity index (χ2v) is 17.0. The van der Waals surface area contributed by atoms with Crippen LogP contribution in [0.3, 0.4) is 0 Å². The van der Waals surface area contributed by atoms with Crippen LogP contribution in [-0.4, -0.2) is 91.9 Å². The lowest BCUT2D eigenvalue weighted by atomic mass is 10.0. The molecule has 2 saturated carbocycles. The molecule has 3 fully saturated rings. The summed E-state index contributed by atoms with van der Waals surface area (Å²) in [4.78, 5) is 74.2. The minimum atomic E-state index is -4.02. The van der Waals surface area contributed by atoms with Crippen molar-refractivity contribution in [3.8, 4) is 5.88 Å². The fourth-order valence-electron chi connectivity index (χ4n) is 7.15. The Balaban J connectivity index is 1.21. The van der Waals surface area contributed by atoms with E-state index < -0.39 is 73.9 Å². The highest BCUT2D eigenvalue weighted by atomic mass is 32.2. The summed E-state index contributed by atoms with van der Waals surface area (Å²) in [6.45, 7) is 3.31. The maximum atomic E-state index is 14.8. The molecule has 4 amide bonds. The van der Waals surface area contributed by atoms with Gasteiger partial charge in [0.2, 0.25) is 27.7 Å². The maximum Gasteiger partial charge on any atom is 0.270 e. The van der Waals surface area contributed by atoms with Gasteiger partial charge in [0.05, 0.1) is 16.8 Å². The SMILES string of the molecule is CCc1nc2cccc(F)c2nc1O[C@@H]1C[C@H]2C(=O)N[C@]3(C(=O)NS(=O)(=O)C4(C)CC4)CC3/C=C\CCCCC[C@H](NC(=O)c3ccncn3)C(=O)N2C1. The zero-order valence-corrected chi connectivity index (χ0v) is 30.9. The smallest absolute Gasteiger partial charge is 0.270 e. The first-order chi connectivity index (χ1) is 25.8. The van der Waals surface area contributed by atoms with E-state index in [2.05, 4.69) is 35.3 Å². The van der Waals surface area contributed by atoms with Crippen molar-refractivity contribution in [3.63, 3.8) is 0 Å². The number of halogens is 1. The Bertz CT molecular complexity index is 2120. The predicted octanol–water partition coefficient (Wildman–Crippen LogP) is 2.66. The number of hydrogen-bond acceptors (Lipinski definition) is 11. The Kier molecular flexibility index (Phi) is 10.1. The van der Waals surface area contributed by atoms with Crippen LogP contribution in [0.25, 0.3) is 11.0 Å². The molecule has 4 aliphatic rings. The molecule has 3 aromatic rings. The highest BCUT2D eigenvalue weighted by Gasteiger charge is 2.63. The first-order valence-electron chi connectivity index (χ1n) is 18.4. The molecule has 1 saturated heterocycles. The molecule has 1 aromatic carbocycles. The van der Waals surface area contributed by atoms with Crippen LogP contribution < -0.4 is 20.1 Å². The highest BCUT2D eigenvalue weighted by Crippen LogP contribution is 2.47. The van der Waals surface area contributed by atoms with Crippen LogP contribution in [0, 0.1) is 11.7 Å². The molecule has 0 radical (unpaired) electrons. The van der Waals surface area contributed by atoms with Crippen molar-refractivity contribution in [2.75, 3.05) is 6.54 Å². The number of allylic oxidation sites excluding steroid dienone is 1. The summed E-state index contributed by atoms with van der Waals surface area (Å²) in [7, 11) is -4.02. The Morgan fingerprint density at radius 2 is 1.94 bits per heavy atom. The van der Waals surface area contributed by atoms with Crippen molar-refractivity contribution in [2.24, 2.45) is 5.92 Å². The van der Waals surface area contributed by atoms with E-state index in [0.29, 0.717) is 43.3 Å². The van der Waals surface area contributed by atoms with E-state index in [9.17, 15) is 32.0 Å². The average Bonchev–Trinajstić information content (AvgIpc) is 4.04. The average molecular weight is 763 g/mol. The van der Waals surface area contributed by atoms with E-state index in [1.54, 1.807) is 13.0 Å². The van der Waals surface area contributed by atoms with Crippen molar-refractivity contribution in [2.45, 2.75) is 107 Å². The Morgan fingerprint density at radius 3 is 2.69 bits per heavy atom. The van der Waals surface area contributed by atoms with Gasteiger partial charge in [-0.25, -0.2) is 32.7 Å². The number of carbonyl (C=O) groups is 4. The van der Waals surface area contributed by atoms with Gasteiger partial charge in [-0.1, -0.05) is 38.0 Å². The quantitative estimate of drug-likeness (QED) is 0.285. The van der Waals surface area contributed by atoms with Gasteiger partial charge >= 0.3 is 0 Å². The molecule has 2 aliphatic carbocycles. The molecule has 0 bridgehead atoms. The summed E-state index contributed by atoms with van der Waals surface area (Å²) >= 11 is 0. The van der Waals surface area contributed by atoms with Crippen LogP contribution >= 0.6 is 0 Å². The van der Waals surface area contributed by atoms with Gasteiger partial charge in [0.1, 0.15) is 47.0 Å². The molecule has 7 rings (SSSR count). The van der Waals surface area contributed by atoms with Crippen LogP contribution in [0.15, 0.2) is 48.9 Å². The number of fused-ring (bicyclic) bond motifs is 3. The normalized spacial score (nSPS) is 27.4. The summed E-state index contributed by atoms with van der Waals surface area (Å²) in [5.74, 6) is -3.64. The minimum Gasteiger partial charge on any atom is -0.471 e. The number of nitrogens with one attached hydrogen (secondary N) is 3. The van der Waals surface area contributed by atoms with Gasteiger partial charge in [-0.3, -0.25) is 23.9 Å². The number of amides is 4. The second-order valence-electron chi connectivity index (χ2n) is 14.8.